The van der Waals surface area contributed by atoms with E-state index in [-0.39, 0.29) is 5.60 Å². The van der Waals surface area contributed by atoms with E-state index in [9.17, 15) is 0 Å². The third-order valence-electron chi connectivity index (χ3n) is 4.31. The van der Waals surface area contributed by atoms with E-state index in [1.807, 2.05) is 13.8 Å². The van der Waals surface area contributed by atoms with E-state index in [1.54, 1.807) is 14.2 Å². The van der Waals surface area contributed by atoms with E-state index in [0.717, 1.165) is 32.1 Å². The Labute approximate surface area is 147 Å². The largest absolute Gasteiger partial charge is 0.377 e. The van der Waals surface area contributed by atoms with E-state index >= 15 is 0 Å². The third-order valence-corrected chi connectivity index (χ3v) is 4.31. The first-order chi connectivity index (χ1) is 11.5. The molecular weight excluding hydrogens is 300 g/mol. The van der Waals surface area contributed by atoms with E-state index in [1.165, 1.54) is 11.1 Å². The summed E-state index contributed by atoms with van der Waals surface area (Å²) in [5.74, 6) is 0.790. The van der Waals surface area contributed by atoms with Crippen LogP contribution in [0.25, 0.3) is 0 Å². The summed E-state index contributed by atoms with van der Waals surface area (Å²) in [6.07, 6.45) is 0. The molecule has 0 aliphatic carbocycles. The second kappa shape index (κ2) is 10.3. The van der Waals surface area contributed by atoms with Gasteiger partial charge in [-0.15, -0.1) is 0 Å². The summed E-state index contributed by atoms with van der Waals surface area (Å²) in [5, 5.41) is 6.71. The van der Waals surface area contributed by atoms with Gasteiger partial charge in [-0.05, 0) is 38.1 Å². The van der Waals surface area contributed by atoms with Crippen LogP contribution in [0.2, 0.25) is 0 Å². The Bertz CT molecular complexity index is 510. The zero-order valence-electron chi connectivity index (χ0n) is 16.1. The molecule has 0 atom stereocenters. The smallest absolute Gasteiger partial charge is 0.191 e. The topological polar surface area (TPSA) is 48.9 Å². The Kier molecular flexibility index (Phi) is 8.79. The second-order valence-electron chi connectivity index (χ2n) is 6.47. The summed E-state index contributed by atoms with van der Waals surface area (Å²) in [5.41, 5.74) is 2.44. The van der Waals surface area contributed by atoms with Gasteiger partial charge in [-0.1, -0.05) is 38.1 Å². The molecule has 0 aromatic heterocycles. The fraction of sp³-hybridized carbons (Fsp3) is 0.632. The molecule has 0 heterocycles. The van der Waals surface area contributed by atoms with Crippen LogP contribution in [-0.2, 0) is 17.8 Å². The van der Waals surface area contributed by atoms with Crippen molar-refractivity contribution < 1.29 is 4.74 Å². The normalized spacial score (nSPS) is 12.5. The highest BCUT2D eigenvalue weighted by Crippen LogP contribution is 2.11. The molecule has 2 N–H and O–H groups in total. The molecule has 24 heavy (non-hydrogen) atoms. The number of methoxy groups -OCH3 is 1. The number of nitrogens with one attached hydrogen (secondary N) is 2. The van der Waals surface area contributed by atoms with Gasteiger partial charge in [-0.2, -0.15) is 0 Å². The molecule has 1 rings (SSSR count). The maximum absolute atomic E-state index is 5.43. The van der Waals surface area contributed by atoms with Crippen molar-refractivity contribution in [3.05, 3.63) is 35.4 Å². The van der Waals surface area contributed by atoms with Crippen molar-refractivity contribution >= 4 is 5.96 Å². The van der Waals surface area contributed by atoms with Crippen molar-refractivity contribution in [2.75, 3.05) is 33.8 Å². The molecule has 5 nitrogen and oxygen atoms in total. The first kappa shape index (κ1) is 20.5. The van der Waals surface area contributed by atoms with E-state index < -0.39 is 0 Å². The average Bonchev–Trinajstić information content (AvgIpc) is 2.60. The third kappa shape index (κ3) is 6.89. The Morgan fingerprint density at radius 1 is 1.12 bits per heavy atom. The molecule has 0 saturated heterocycles. The van der Waals surface area contributed by atoms with Crippen LogP contribution in [0.4, 0.5) is 0 Å². The number of ether oxygens (including phenoxy) is 1. The Hall–Kier alpha value is -1.59. The fourth-order valence-corrected chi connectivity index (χ4v) is 2.34. The van der Waals surface area contributed by atoms with Gasteiger partial charge in [0.05, 0.1) is 5.60 Å². The van der Waals surface area contributed by atoms with E-state index in [2.05, 4.69) is 58.6 Å². The lowest BCUT2D eigenvalue weighted by atomic mass is 10.1. The number of guanidine groups is 1. The molecule has 0 fully saturated rings. The van der Waals surface area contributed by atoms with Crippen LogP contribution in [0.1, 0.15) is 38.8 Å². The van der Waals surface area contributed by atoms with Crippen molar-refractivity contribution in [1.82, 2.24) is 15.5 Å². The second-order valence-corrected chi connectivity index (χ2v) is 6.47. The molecule has 136 valence electrons. The standard InChI is InChI=1S/C19H34N4O/c1-7-23(8-2)14-17-12-10-9-11-16(17)13-21-18(20-5)22-15-19(3,4)24-6/h9-12H,7-8,13-15H2,1-6H3,(H2,20,21,22). The number of rotatable bonds is 9. The predicted molar refractivity (Wildman–Crippen MR) is 102 cm³/mol. The lowest BCUT2D eigenvalue weighted by molar-refractivity contribution is 0.0268. The zero-order valence-corrected chi connectivity index (χ0v) is 16.1. The van der Waals surface area contributed by atoms with Gasteiger partial charge in [0.1, 0.15) is 0 Å². The molecule has 5 heteroatoms. The highest BCUT2D eigenvalue weighted by Gasteiger charge is 2.16. The van der Waals surface area contributed by atoms with Gasteiger partial charge in [0.25, 0.3) is 0 Å². The van der Waals surface area contributed by atoms with Crippen LogP contribution in [0.15, 0.2) is 29.3 Å². The van der Waals surface area contributed by atoms with Crippen LogP contribution in [-0.4, -0.2) is 50.3 Å². The molecule has 1 aromatic carbocycles. The Balaban J connectivity index is 2.65. The fourth-order valence-electron chi connectivity index (χ4n) is 2.34. The van der Waals surface area contributed by atoms with Gasteiger partial charge in [-0.25, -0.2) is 0 Å². The molecule has 0 saturated carbocycles. The van der Waals surface area contributed by atoms with Gasteiger partial charge in [0.15, 0.2) is 5.96 Å². The molecule has 0 aliphatic rings. The number of hydrogen-bond donors (Lipinski definition) is 2. The van der Waals surface area contributed by atoms with Crippen molar-refractivity contribution in [2.24, 2.45) is 4.99 Å². The van der Waals surface area contributed by atoms with Crippen molar-refractivity contribution in [3.8, 4) is 0 Å². The molecule has 0 bridgehead atoms. The van der Waals surface area contributed by atoms with Crippen molar-refractivity contribution in [2.45, 2.75) is 46.4 Å². The van der Waals surface area contributed by atoms with Gasteiger partial charge < -0.3 is 15.4 Å². The summed E-state index contributed by atoms with van der Waals surface area (Å²) in [4.78, 5) is 6.72. The Morgan fingerprint density at radius 2 is 1.75 bits per heavy atom. The van der Waals surface area contributed by atoms with Gasteiger partial charge >= 0.3 is 0 Å². The van der Waals surface area contributed by atoms with Gasteiger partial charge in [-0.3, -0.25) is 9.89 Å². The number of nitrogens with zero attached hydrogens (tertiary/aromatic N) is 2. The minimum atomic E-state index is -0.224. The summed E-state index contributed by atoms with van der Waals surface area (Å²) in [6, 6.07) is 8.58. The first-order valence-electron chi connectivity index (χ1n) is 8.74. The van der Waals surface area contributed by atoms with Crippen LogP contribution < -0.4 is 10.6 Å². The van der Waals surface area contributed by atoms with Crippen molar-refractivity contribution in [1.29, 1.82) is 0 Å². The number of benzene rings is 1. The summed E-state index contributed by atoms with van der Waals surface area (Å²) >= 11 is 0. The van der Waals surface area contributed by atoms with Gasteiger partial charge in [0, 0.05) is 33.8 Å². The highest BCUT2D eigenvalue weighted by atomic mass is 16.5. The molecule has 0 aliphatic heterocycles. The first-order valence-corrected chi connectivity index (χ1v) is 8.74. The zero-order chi connectivity index (χ0) is 18.0. The minimum absolute atomic E-state index is 0.224. The van der Waals surface area contributed by atoms with E-state index in [0.29, 0.717) is 6.54 Å². The number of hydrogen-bond acceptors (Lipinski definition) is 3. The molecule has 0 radical (unpaired) electrons. The number of aliphatic imine (C=N–C) groups is 1. The molecule has 0 unspecified atom stereocenters. The maximum atomic E-state index is 5.43. The highest BCUT2D eigenvalue weighted by molar-refractivity contribution is 5.79. The van der Waals surface area contributed by atoms with Crippen molar-refractivity contribution in [3.63, 3.8) is 0 Å². The summed E-state index contributed by atoms with van der Waals surface area (Å²) in [6.45, 7) is 13.1. The van der Waals surface area contributed by atoms with Crippen LogP contribution in [0.3, 0.4) is 0 Å². The lowest BCUT2D eigenvalue weighted by Crippen LogP contribution is -2.45. The van der Waals surface area contributed by atoms with Gasteiger partial charge in [0.2, 0.25) is 0 Å². The summed E-state index contributed by atoms with van der Waals surface area (Å²) in [7, 11) is 3.51. The SMILES string of the molecule is CCN(CC)Cc1ccccc1CNC(=NC)NCC(C)(C)OC. The molecule has 0 spiro atoms. The van der Waals surface area contributed by atoms with Crippen LogP contribution in [0.5, 0.6) is 0 Å². The molecule has 1 aromatic rings. The maximum Gasteiger partial charge on any atom is 0.191 e. The van der Waals surface area contributed by atoms with Crippen LogP contribution in [0, 0.1) is 0 Å². The lowest BCUT2D eigenvalue weighted by Gasteiger charge is -2.25. The predicted octanol–water partition coefficient (Wildman–Crippen LogP) is 2.62. The van der Waals surface area contributed by atoms with E-state index in [4.69, 9.17) is 4.74 Å². The summed E-state index contributed by atoms with van der Waals surface area (Å²) < 4.78 is 5.43. The quantitative estimate of drug-likeness (QED) is 0.538. The molecular formula is C19H34N4O. The van der Waals surface area contributed by atoms with Crippen LogP contribution >= 0.6 is 0 Å². The monoisotopic (exact) mass is 334 g/mol. The Morgan fingerprint density at radius 3 is 2.29 bits per heavy atom. The molecule has 0 amide bonds. The minimum Gasteiger partial charge on any atom is -0.377 e. The average molecular weight is 335 g/mol.